The number of nitrogens with zero attached hydrogens (tertiary/aromatic N) is 1. The van der Waals surface area contributed by atoms with E-state index in [0.29, 0.717) is 0 Å². The fraction of sp³-hybridized carbons (Fsp3) is 0.333. The molecule has 1 aliphatic heterocycles. The molecular weight excluding hydrogens is 386 g/mol. The second kappa shape index (κ2) is 11.3. The molecule has 156 valence electrons. The first-order valence-corrected chi connectivity index (χ1v) is 11.9. The lowest BCUT2D eigenvalue weighted by Gasteiger charge is -2.31. The second-order valence-electron chi connectivity index (χ2n) is 8.02. The quantitative estimate of drug-likeness (QED) is 0.385. The average Bonchev–Trinajstić information content (AvgIpc) is 3.32. The first-order chi connectivity index (χ1) is 14.9. The van der Waals surface area contributed by atoms with Gasteiger partial charge in [0.2, 0.25) is 0 Å². The fourth-order valence-electron chi connectivity index (χ4n) is 4.15. The molecule has 4 rings (SSSR count). The molecule has 0 amide bonds. The van der Waals surface area contributed by atoms with Crippen molar-refractivity contribution in [2.45, 2.75) is 25.4 Å². The van der Waals surface area contributed by atoms with Crippen molar-refractivity contribution in [1.29, 1.82) is 0 Å². The zero-order valence-electron chi connectivity index (χ0n) is 17.5. The summed E-state index contributed by atoms with van der Waals surface area (Å²) in [5.74, 6) is 0.773. The molecule has 2 aromatic carbocycles. The highest BCUT2D eigenvalue weighted by Crippen LogP contribution is 2.27. The minimum Gasteiger partial charge on any atom is -0.369 e. The van der Waals surface area contributed by atoms with Crippen LogP contribution in [0.5, 0.6) is 0 Å². The standard InChI is InChI=1S/C27H31NOS/c1-3-9-24(10-4-1)27(25-11-5-2-6-12-25)29-21-17-23-15-19-28(20-16-23)18-7-13-26-14-8-22-30-26/h1-14,22-23,27H,15-21H2/b13-7+. The Kier molecular flexibility index (Phi) is 7.90. The number of benzene rings is 2. The monoisotopic (exact) mass is 417 g/mol. The summed E-state index contributed by atoms with van der Waals surface area (Å²) in [5.41, 5.74) is 2.46. The third-order valence-corrected chi connectivity index (χ3v) is 6.75. The van der Waals surface area contributed by atoms with Gasteiger partial charge in [-0.3, -0.25) is 4.90 Å². The van der Waals surface area contributed by atoms with Gasteiger partial charge in [-0.05, 0) is 66.9 Å². The molecule has 3 heteroatoms. The zero-order valence-corrected chi connectivity index (χ0v) is 18.3. The van der Waals surface area contributed by atoms with Crippen LogP contribution in [0.3, 0.4) is 0 Å². The average molecular weight is 418 g/mol. The zero-order chi connectivity index (χ0) is 20.4. The van der Waals surface area contributed by atoms with E-state index >= 15 is 0 Å². The molecule has 1 aliphatic rings. The first-order valence-electron chi connectivity index (χ1n) is 11.0. The van der Waals surface area contributed by atoms with Gasteiger partial charge < -0.3 is 4.74 Å². The van der Waals surface area contributed by atoms with Crippen molar-refractivity contribution in [2.24, 2.45) is 5.92 Å². The Balaban J connectivity index is 1.23. The molecule has 1 fully saturated rings. The molecule has 2 nitrogen and oxygen atoms in total. The molecule has 1 aromatic heterocycles. The molecule has 30 heavy (non-hydrogen) atoms. The third-order valence-electron chi connectivity index (χ3n) is 5.91. The lowest BCUT2D eigenvalue weighted by Crippen LogP contribution is -2.34. The lowest BCUT2D eigenvalue weighted by atomic mass is 9.94. The molecule has 0 radical (unpaired) electrons. The molecule has 2 heterocycles. The van der Waals surface area contributed by atoms with Crippen LogP contribution in [0, 0.1) is 5.92 Å². The fourth-order valence-corrected chi connectivity index (χ4v) is 4.80. The second-order valence-corrected chi connectivity index (χ2v) is 9.00. The Bertz CT molecular complexity index is 828. The predicted molar refractivity (Wildman–Crippen MR) is 128 cm³/mol. The Morgan fingerprint density at radius 1 is 0.900 bits per heavy atom. The summed E-state index contributed by atoms with van der Waals surface area (Å²) >= 11 is 1.80. The number of thiophene rings is 1. The van der Waals surface area contributed by atoms with Gasteiger partial charge in [-0.15, -0.1) is 11.3 Å². The number of likely N-dealkylation sites (tertiary alicyclic amines) is 1. The highest BCUT2D eigenvalue weighted by atomic mass is 32.1. The van der Waals surface area contributed by atoms with Crippen molar-refractivity contribution < 1.29 is 4.74 Å². The van der Waals surface area contributed by atoms with Gasteiger partial charge in [0.15, 0.2) is 0 Å². The van der Waals surface area contributed by atoms with Crippen molar-refractivity contribution in [3.63, 3.8) is 0 Å². The predicted octanol–water partition coefficient (Wildman–Crippen LogP) is 6.67. The lowest BCUT2D eigenvalue weighted by molar-refractivity contribution is 0.0610. The van der Waals surface area contributed by atoms with Crippen molar-refractivity contribution in [3.05, 3.63) is 100 Å². The molecule has 1 saturated heterocycles. The van der Waals surface area contributed by atoms with Gasteiger partial charge in [0.25, 0.3) is 0 Å². The normalized spacial score (nSPS) is 15.9. The number of hydrogen-bond acceptors (Lipinski definition) is 3. The maximum Gasteiger partial charge on any atom is 0.108 e. The minimum absolute atomic E-state index is 0.0230. The summed E-state index contributed by atoms with van der Waals surface area (Å²) in [7, 11) is 0. The van der Waals surface area contributed by atoms with Gasteiger partial charge in [-0.1, -0.05) is 72.8 Å². The number of hydrogen-bond donors (Lipinski definition) is 0. The van der Waals surface area contributed by atoms with Crippen LogP contribution < -0.4 is 0 Å². The molecule has 0 spiro atoms. The van der Waals surface area contributed by atoms with Crippen LogP contribution in [0.2, 0.25) is 0 Å². The van der Waals surface area contributed by atoms with E-state index in [2.05, 4.69) is 95.2 Å². The van der Waals surface area contributed by atoms with E-state index in [-0.39, 0.29) is 6.10 Å². The summed E-state index contributed by atoms with van der Waals surface area (Å²) < 4.78 is 6.43. The van der Waals surface area contributed by atoms with Crippen LogP contribution in [-0.4, -0.2) is 31.1 Å². The first kappa shape index (κ1) is 21.0. The van der Waals surface area contributed by atoms with Crippen LogP contribution in [0.1, 0.15) is 41.4 Å². The highest BCUT2D eigenvalue weighted by Gasteiger charge is 2.20. The van der Waals surface area contributed by atoms with Gasteiger partial charge in [0, 0.05) is 18.0 Å². The topological polar surface area (TPSA) is 12.5 Å². The maximum absolute atomic E-state index is 6.43. The van der Waals surface area contributed by atoms with Crippen LogP contribution in [0.4, 0.5) is 0 Å². The van der Waals surface area contributed by atoms with Crippen LogP contribution >= 0.6 is 11.3 Å². The SMILES string of the molecule is C(=C\c1cccs1)/CN1CCC(CCOC(c2ccccc2)c2ccccc2)CC1. The van der Waals surface area contributed by atoms with Crippen molar-refractivity contribution >= 4 is 17.4 Å². The molecule has 0 aliphatic carbocycles. The van der Waals surface area contributed by atoms with Gasteiger partial charge in [0.05, 0.1) is 0 Å². The van der Waals surface area contributed by atoms with E-state index in [4.69, 9.17) is 4.74 Å². The van der Waals surface area contributed by atoms with Crippen LogP contribution in [0.25, 0.3) is 6.08 Å². The number of ether oxygens (including phenoxy) is 1. The minimum atomic E-state index is 0.0230. The Morgan fingerprint density at radius 3 is 2.17 bits per heavy atom. The molecule has 3 aromatic rings. The Hall–Kier alpha value is -2.20. The van der Waals surface area contributed by atoms with Gasteiger partial charge in [-0.2, -0.15) is 0 Å². The largest absolute Gasteiger partial charge is 0.369 e. The van der Waals surface area contributed by atoms with Crippen LogP contribution in [0.15, 0.2) is 84.3 Å². The maximum atomic E-state index is 6.43. The summed E-state index contributed by atoms with van der Waals surface area (Å²) in [4.78, 5) is 3.91. The van der Waals surface area contributed by atoms with Gasteiger partial charge >= 0.3 is 0 Å². The van der Waals surface area contributed by atoms with E-state index in [9.17, 15) is 0 Å². The van der Waals surface area contributed by atoms with Crippen molar-refractivity contribution in [1.82, 2.24) is 4.90 Å². The molecule has 0 atom stereocenters. The Labute approximate surface area is 184 Å². The van der Waals surface area contributed by atoms with Crippen LogP contribution in [-0.2, 0) is 4.74 Å². The molecule has 0 saturated carbocycles. The summed E-state index contributed by atoms with van der Waals surface area (Å²) in [6.07, 6.45) is 8.27. The van der Waals surface area contributed by atoms with E-state index < -0.39 is 0 Å². The highest BCUT2D eigenvalue weighted by molar-refractivity contribution is 7.10. The molecule has 0 N–H and O–H groups in total. The van der Waals surface area contributed by atoms with Crippen molar-refractivity contribution in [3.8, 4) is 0 Å². The summed E-state index contributed by atoms with van der Waals surface area (Å²) in [6, 6.07) is 25.5. The van der Waals surface area contributed by atoms with E-state index in [1.54, 1.807) is 11.3 Å². The Morgan fingerprint density at radius 2 is 1.57 bits per heavy atom. The number of piperidine rings is 1. The smallest absolute Gasteiger partial charge is 0.108 e. The van der Waals surface area contributed by atoms with E-state index in [0.717, 1.165) is 25.5 Å². The van der Waals surface area contributed by atoms with Gasteiger partial charge in [0.1, 0.15) is 6.10 Å². The summed E-state index contributed by atoms with van der Waals surface area (Å²) in [5, 5.41) is 2.13. The summed E-state index contributed by atoms with van der Waals surface area (Å²) in [6.45, 7) is 4.27. The number of rotatable bonds is 9. The van der Waals surface area contributed by atoms with Crippen molar-refractivity contribution in [2.75, 3.05) is 26.2 Å². The van der Waals surface area contributed by atoms with Gasteiger partial charge in [-0.25, -0.2) is 0 Å². The van der Waals surface area contributed by atoms with E-state index in [1.165, 1.54) is 41.9 Å². The molecular formula is C27H31NOS. The molecule has 0 bridgehead atoms. The van der Waals surface area contributed by atoms with E-state index in [1.807, 2.05) is 0 Å². The third kappa shape index (κ3) is 6.15. The molecule has 0 unspecified atom stereocenters.